The van der Waals surface area contributed by atoms with Crippen LogP contribution in [0, 0.1) is 5.92 Å². The molecule has 2 atom stereocenters. The molecule has 3 nitrogen and oxygen atoms in total. The van der Waals surface area contributed by atoms with Gasteiger partial charge in [-0.25, -0.2) is 0 Å². The largest absolute Gasteiger partial charge is 0.481 e. The minimum Gasteiger partial charge on any atom is -0.481 e. The average molecular weight is 201 g/mol. The van der Waals surface area contributed by atoms with Crippen molar-refractivity contribution in [1.29, 1.82) is 0 Å². The van der Waals surface area contributed by atoms with E-state index in [1.165, 1.54) is 12.8 Å². The van der Waals surface area contributed by atoms with Gasteiger partial charge < -0.3 is 10.4 Å². The van der Waals surface area contributed by atoms with Crippen molar-refractivity contribution < 1.29 is 9.90 Å². The van der Waals surface area contributed by atoms with Crippen molar-refractivity contribution in [2.75, 3.05) is 6.54 Å². The molecule has 0 spiro atoms. The predicted octanol–water partition coefficient (Wildman–Crippen LogP) is 2.27. The van der Waals surface area contributed by atoms with E-state index in [1.54, 1.807) is 0 Å². The van der Waals surface area contributed by atoms with E-state index < -0.39 is 5.97 Å². The molecule has 0 aliphatic carbocycles. The summed E-state index contributed by atoms with van der Waals surface area (Å²) in [5.74, 6) is -0.246. The summed E-state index contributed by atoms with van der Waals surface area (Å²) < 4.78 is 0. The molecule has 84 valence electrons. The summed E-state index contributed by atoms with van der Waals surface area (Å²) in [5, 5.41) is 11.9. The fourth-order valence-corrected chi connectivity index (χ4v) is 1.41. The summed E-state index contributed by atoms with van der Waals surface area (Å²) in [4.78, 5) is 10.3. The topological polar surface area (TPSA) is 49.3 Å². The molecule has 0 heterocycles. The van der Waals surface area contributed by atoms with Gasteiger partial charge in [-0.1, -0.05) is 20.3 Å². The van der Waals surface area contributed by atoms with E-state index in [2.05, 4.69) is 26.1 Å². The molecule has 2 unspecified atom stereocenters. The Morgan fingerprint density at radius 1 is 1.36 bits per heavy atom. The molecular weight excluding hydrogens is 178 g/mol. The van der Waals surface area contributed by atoms with Crippen LogP contribution in [-0.4, -0.2) is 23.7 Å². The molecule has 14 heavy (non-hydrogen) atoms. The van der Waals surface area contributed by atoms with Gasteiger partial charge >= 0.3 is 5.97 Å². The van der Waals surface area contributed by atoms with E-state index in [9.17, 15) is 4.79 Å². The molecule has 0 aliphatic heterocycles. The molecule has 0 rings (SSSR count). The molecule has 0 aromatic carbocycles. The van der Waals surface area contributed by atoms with Gasteiger partial charge in [0.15, 0.2) is 0 Å². The Labute approximate surface area is 86.9 Å². The van der Waals surface area contributed by atoms with Gasteiger partial charge in [-0.3, -0.25) is 4.79 Å². The second kappa shape index (κ2) is 7.80. The lowest BCUT2D eigenvalue weighted by Gasteiger charge is -2.16. The number of rotatable bonds is 8. The standard InChI is InChI=1S/C11H23NO2/c1-4-5-10(3)12-8-9(2)6-7-11(13)14/h9-10,12H,4-8H2,1-3H3,(H,13,14). The number of hydrogen-bond acceptors (Lipinski definition) is 2. The van der Waals surface area contributed by atoms with Crippen molar-refractivity contribution >= 4 is 5.97 Å². The van der Waals surface area contributed by atoms with Crippen LogP contribution in [0.1, 0.15) is 46.5 Å². The minimum absolute atomic E-state index is 0.283. The van der Waals surface area contributed by atoms with Gasteiger partial charge in [0.2, 0.25) is 0 Å². The van der Waals surface area contributed by atoms with Crippen LogP contribution < -0.4 is 5.32 Å². The second-order valence-corrected chi connectivity index (χ2v) is 4.14. The van der Waals surface area contributed by atoms with E-state index in [4.69, 9.17) is 5.11 Å². The zero-order chi connectivity index (χ0) is 11.0. The van der Waals surface area contributed by atoms with Crippen LogP contribution in [0.5, 0.6) is 0 Å². The van der Waals surface area contributed by atoms with Gasteiger partial charge in [0, 0.05) is 12.5 Å². The zero-order valence-electron chi connectivity index (χ0n) is 9.55. The van der Waals surface area contributed by atoms with Gasteiger partial charge in [-0.05, 0) is 32.2 Å². The summed E-state index contributed by atoms with van der Waals surface area (Å²) >= 11 is 0. The molecule has 0 saturated heterocycles. The molecule has 0 radical (unpaired) electrons. The summed E-state index contributed by atoms with van der Waals surface area (Å²) in [5.41, 5.74) is 0. The highest BCUT2D eigenvalue weighted by Crippen LogP contribution is 2.05. The lowest BCUT2D eigenvalue weighted by molar-refractivity contribution is -0.137. The molecular formula is C11H23NO2. The molecule has 0 saturated carbocycles. The third-order valence-corrected chi connectivity index (χ3v) is 2.39. The fourth-order valence-electron chi connectivity index (χ4n) is 1.41. The highest BCUT2D eigenvalue weighted by atomic mass is 16.4. The van der Waals surface area contributed by atoms with Crippen LogP contribution in [-0.2, 0) is 4.79 Å². The Morgan fingerprint density at radius 2 is 2.00 bits per heavy atom. The number of aliphatic carboxylic acids is 1. The van der Waals surface area contributed by atoms with Crippen LogP contribution in [0.4, 0.5) is 0 Å². The summed E-state index contributed by atoms with van der Waals surface area (Å²) in [7, 11) is 0. The van der Waals surface area contributed by atoms with Crippen molar-refractivity contribution in [2.24, 2.45) is 5.92 Å². The van der Waals surface area contributed by atoms with Crippen molar-refractivity contribution in [2.45, 2.75) is 52.5 Å². The number of carboxylic acids is 1. The van der Waals surface area contributed by atoms with Crippen LogP contribution in [0.2, 0.25) is 0 Å². The Balaban J connectivity index is 3.42. The Bertz CT molecular complexity index is 159. The molecule has 0 aromatic heterocycles. The lowest BCUT2D eigenvalue weighted by atomic mass is 10.1. The highest BCUT2D eigenvalue weighted by molar-refractivity contribution is 5.66. The number of carboxylic acid groups (broad SMARTS) is 1. The molecule has 0 aromatic rings. The summed E-state index contributed by atoms with van der Waals surface area (Å²) in [6.45, 7) is 7.36. The van der Waals surface area contributed by atoms with E-state index in [1.807, 2.05) is 0 Å². The number of nitrogens with one attached hydrogen (secondary N) is 1. The van der Waals surface area contributed by atoms with Gasteiger partial charge in [-0.2, -0.15) is 0 Å². The molecule has 0 aliphatic rings. The number of hydrogen-bond donors (Lipinski definition) is 2. The van der Waals surface area contributed by atoms with E-state index in [0.717, 1.165) is 13.0 Å². The first-order chi connectivity index (χ1) is 6.56. The molecule has 0 fully saturated rings. The van der Waals surface area contributed by atoms with E-state index in [0.29, 0.717) is 12.0 Å². The maximum absolute atomic E-state index is 10.3. The minimum atomic E-state index is -0.696. The Morgan fingerprint density at radius 3 is 2.50 bits per heavy atom. The van der Waals surface area contributed by atoms with Crippen LogP contribution in [0.15, 0.2) is 0 Å². The van der Waals surface area contributed by atoms with Gasteiger partial charge in [0.05, 0.1) is 0 Å². The Hall–Kier alpha value is -0.570. The SMILES string of the molecule is CCCC(C)NCC(C)CCC(=O)O. The normalized spacial score (nSPS) is 15.1. The summed E-state index contributed by atoms with van der Waals surface area (Å²) in [6.07, 6.45) is 3.43. The maximum atomic E-state index is 10.3. The monoisotopic (exact) mass is 201 g/mol. The van der Waals surface area contributed by atoms with Crippen LogP contribution >= 0.6 is 0 Å². The first-order valence-electron chi connectivity index (χ1n) is 5.51. The molecule has 2 N–H and O–H groups in total. The van der Waals surface area contributed by atoms with Crippen molar-refractivity contribution in [3.63, 3.8) is 0 Å². The van der Waals surface area contributed by atoms with Crippen molar-refractivity contribution in [3.05, 3.63) is 0 Å². The first-order valence-corrected chi connectivity index (χ1v) is 5.51. The zero-order valence-corrected chi connectivity index (χ0v) is 9.55. The molecule has 3 heteroatoms. The molecule has 0 bridgehead atoms. The fraction of sp³-hybridized carbons (Fsp3) is 0.909. The third kappa shape index (κ3) is 8.05. The Kier molecular flexibility index (Phi) is 7.48. The van der Waals surface area contributed by atoms with E-state index >= 15 is 0 Å². The highest BCUT2D eigenvalue weighted by Gasteiger charge is 2.06. The van der Waals surface area contributed by atoms with Gasteiger partial charge in [0.25, 0.3) is 0 Å². The van der Waals surface area contributed by atoms with Crippen molar-refractivity contribution in [1.82, 2.24) is 5.32 Å². The predicted molar refractivity (Wildman–Crippen MR) is 58.4 cm³/mol. The summed E-state index contributed by atoms with van der Waals surface area (Å²) in [6, 6.07) is 0.548. The quantitative estimate of drug-likeness (QED) is 0.633. The maximum Gasteiger partial charge on any atom is 0.303 e. The molecule has 0 amide bonds. The van der Waals surface area contributed by atoms with Gasteiger partial charge in [-0.15, -0.1) is 0 Å². The third-order valence-electron chi connectivity index (χ3n) is 2.39. The second-order valence-electron chi connectivity index (χ2n) is 4.14. The average Bonchev–Trinajstić information content (AvgIpc) is 2.12. The van der Waals surface area contributed by atoms with Crippen LogP contribution in [0.25, 0.3) is 0 Å². The van der Waals surface area contributed by atoms with Gasteiger partial charge in [0.1, 0.15) is 0 Å². The first kappa shape index (κ1) is 13.4. The van der Waals surface area contributed by atoms with Crippen LogP contribution in [0.3, 0.4) is 0 Å². The number of carbonyl (C=O) groups is 1. The van der Waals surface area contributed by atoms with E-state index in [-0.39, 0.29) is 6.42 Å². The lowest BCUT2D eigenvalue weighted by Crippen LogP contribution is -2.30. The smallest absolute Gasteiger partial charge is 0.303 e. The van der Waals surface area contributed by atoms with Crippen molar-refractivity contribution in [3.8, 4) is 0 Å².